The Morgan fingerprint density at radius 3 is 2.30 bits per heavy atom. The van der Waals surface area contributed by atoms with Crippen LogP contribution in [0, 0.1) is 10.1 Å². The molecule has 0 saturated heterocycles. The van der Waals surface area contributed by atoms with Crippen molar-refractivity contribution in [2.45, 2.75) is 13.0 Å². The van der Waals surface area contributed by atoms with Crippen LogP contribution in [0.3, 0.4) is 0 Å². The van der Waals surface area contributed by atoms with Gasteiger partial charge in [0.05, 0.1) is 23.8 Å². The summed E-state index contributed by atoms with van der Waals surface area (Å²) in [4.78, 5) is 22.7. The predicted octanol–water partition coefficient (Wildman–Crippen LogP) is 4.06. The SMILES string of the molecule is COc1cc([N+](=O)[O-])ccc1NC(=S)NNC(=O)[C@@H](C)Oc1ccc(-c2ccccc2)cc1. The summed E-state index contributed by atoms with van der Waals surface area (Å²) < 4.78 is 10.8. The third kappa shape index (κ3) is 6.40. The number of benzene rings is 3. The van der Waals surface area contributed by atoms with E-state index in [2.05, 4.69) is 16.2 Å². The Labute approximate surface area is 195 Å². The van der Waals surface area contributed by atoms with Crippen molar-refractivity contribution in [2.75, 3.05) is 12.4 Å². The summed E-state index contributed by atoms with van der Waals surface area (Å²) in [7, 11) is 1.38. The molecule has 3 rings (SSSR count). The molecule has 0 spiro atoms. The number of carbonyl (C=O) groups excluding carboxylic acids is 1. The van der Waals surface area contributed by atoms with Crippen LogP contribution >= 0.6 is 12.2 Å². The number of hydrogen-bond acceptors (Lipinski definition) is 6. The molecule has 9 nitrogen and oxygen atoms in total. The number of hydrogen-bond donors (Lipinski definition) is 3. The molecule has 33 heavy (non-hydrogen) atoms. The standard InChI is InChI=1S/C23H22N4O5S/c1-15(32-19-11-8-17(9-12-19)16-6-4-3-5-7-16)22(28)25-26-23(33)24-20-13-10-18(27(29)30)14-21(20)31-2/h3-15H,1-2H3,(H,25,28)(H2,24,26,33)/t15-/m1/s1. The molecule has 3 aromatic carbocycles. The lowest BCUT2D eigenvalue weighted by Crippen LogP contribution is -2.48. The monoisotopic (exact) mass is 466 g/mol. The highest BCUT2D eigenvalue weighted by Crippen LogP contribution is 2.29. The Morgan fingerprint density at radius 2 is 1.67 bits per heavy atom. The molecule has 0 heterocycles. The van der Waals surface area contributed by atoms with E-state index in [1.54, 1.807) is 19.1 Å². The molecule has 10 heteroatoms. The van der Waals surface area contributed by atoms with Gasteiger partial charge in [0.25, 0.3) is 11.6 Å². The summed E-state index contributed by atoms with van der Waals surface area (Å²) in [6.07, 6.45) is -0.795. The van der Waals surface area contributed by atoms with Gasteiger partial charge >= 0.3 is 0 Å². The summed E-state index contributed by atoms with van der Waals surface area (Å²) in [5.74, 6) is 0.339. The lowest BCUT2D eigenvalue weighted by atomic mass is 10.1. The number of carbonyl (C=O) groups is 1. The van der Waals surface area contributed by atoms with E-state index in [0.29, 0.717) is 11.4 Å². The number of methoxy groups -OCH3 is 1. The van der Waals surface area contributed by atoms with Gasteiger partial charge in [-0.15, -0.1) is 0 Å². The van der Waals surface area contributed by atoms with Gasteiger partial charge in [0.1, 0.15) is 11.5 Å². The van der Waals surface area contributed by atoms with Crippen LogP contribution in [0.5, 0.6) is 11.5 Å². The Balaban J connectivity index is 1.51. The van der Waals surface area contributed by atoms with Gasteiger partial charge in [-0.1, -0.05) is 42.5 Å². The van der Waals surface area contributed by atoms with Gasteiger partial charge in [-0.05, 0) is 48.5 Å². The highest BCUT2D eigenvalue weighted by molar-refractivity contribution is 7.80. The topological polar surface area (TPSA) is 115 Å². The number of nitrogens with one attached hydrogen (secondary N) is 3. The molecule has 0 aliphatic heterocycles. The quantitative estimate of drug-likeness (QED) is 0.271. The van der Waals surface area contributed by atoms with Crippen molar-refractivity contribution in [2.24, 2.45) is 0 Å². The zero-order valence-corrected chi connectivity index (χ0v) is 18.7. The summed E-state index contributed by atoms with van der Waals surface area (Å²) in [6, 6.07) is 21.4. The van der Waals surface area contributed by atoms with Gasteiger partial charge < -0.3 is 14.8 Å². The van der Waals surface area contributed by atoms with Crippen molar-refractivity contribution in [3.63, 3.8) is 0 Å². The fourth-order valence-corrected chi connectivity index (χ4v) is 3.05. The number of amides is 1. The molecule has 0 saturated carbocycles. The van der Waals surface area contributed by atoms with Crippen LogP contribution in [0.2, 0.25) is 0 Å². The molecule has 3 aromatic rings. The fourth-order valence-electron chi connectivity index (χ4n) is 2.88. The number of hydrazine groups is 1. The molecule has 0 fully saturated rings. The third-order valence-electron chi connectivity index (χ3n) is 4.59. The van der Waals surface area contributed by atoms with E-state index in [1.165, 1.54) is 25.3 Å². The third-order valence-corrected chi connectivity index (χ3v) is 4.79. The maximum absolute atomic E-state index is 12.3. The average Bonchev–Trinajstić information content (AvgIpc) is 2.83. The molecule has 0 aromatic heterocycles. The molecule has 0 bridgehead atoms. The fraction of sp³-hybridized carbons (Fsp3) is 0.130. The summed E-state index contributed by atoms with van der Waals surface area (Å²) in [6.45, 7) is 1.61. The number of nitro groups is 1. The van der Waals surface area contributed by atoms with Crippen LogP contribution in [0.1, 0.15) is 6.92 Å². The van der Waals surface area contributed by atoms with E-state index < -0.39 is 16.9 Å². The van der Waals surface area contributed by atoms with Crippen LogP contribution < -0.4 is 25.6 Å². The highest BCUT2D eigenvalue weighted by Gasteiger charge is 2.16. The lowest BCUT2D eigenvalue weighted by molar-refractivity contribution is -0.384. The Hall–Kier alpha value is -4.18. The second-order valence-corrected chi connectivity index (χ2v) is 7.27. The van der Waals surface area contributed by atoms with Crippen LogP contribution in [0.25, 0.3) is 11.1 Å². The normalized spacial score (nSPS) is 11.1. The first-order valence-corrected chi connectivity index (χ1v) is 10.3. The lowest BCUT2D eigenvalue weighted by Gasteiger charge is -2.17. The number of thiocarbonyl (C=S) groups is 1. The number of nitrogens with zero attached hydrogens (tertiary/aromatic N) is 1. The molecule has 3 N–H and O–H groups in total. The van der Waals surface area contributed by atoms with Gasteiger partial charge in [0.2, 0.25) is 0 Å². The molecular formula is C23H22N4O5S. The molecule has 0 unspecified atom stereocenters. The molecule has 0 radical (unpaired) electrons. The first-order chi connectivity index (χ1) is 15.9. The Bertz CT molecular complexity index is 1140. The minimum absolute atomic E-state index is 0.0647. The van der Waals surface area contributed by atoms with Crippen molar-refractivity contribution in [1.82, 2.24) is 10.9 Å². The molecule has 170 valence electrons. The molecule has 1 atom stereocenters. The van der Waals surface area contributed by atoms with Crippen LogP contribution in [0.15, 0.2) is 72.8 Å². The second-order valence-electron chi connectivity index (χ2n) is 6.86. The van der Waals surface area contributed by atoms with Crippen molar-refractivity contribution in [1.29, 1.82) is 0 Å². The first-order valence-electron chi connectivity index (χ1n) is 9.89. The van der Waals surface area contributed by atoms with Crippen LogP contribution in [0.4, 0.5) is 11.4 Å². The predicted molar refractivity (Wildman–Crippen MR) is 129 cm³/mol. The van der Waals surface area contributed by atoms with Crippen LogP contribution in [-0.4, -0.2) is 29.2 Å². The first kappa shape index (κ1) is 23.5. The number of ether oxygens (including phenoxy) is 2. The van der Waals surface area contributed by atoms with Crippen molar-refractivity contribution in [3.05, 3.63) is 82.9 Å². The Kier molecular flexibility index (Phi) is 7.77. The van der Waals surface area contributed by atoms with Crippen molar-refractivity contribution < 1.29 is 19.2 Å². The van der Waals surface area contributed by atoms with E-state index in [9.17, 15) is 14.9 Å². The van der Waals surface area contributed by atoms with Gasteiger partial charge in [-0.3, -0.25) is 25.8 Å². The van der Waals surface area contributed by atoms with E-state index in [0.717, 1.165) is 11.1 Å². The highest BCUT2D eigenvalue weighted by atomic mass is 32.1. The van der Waals surface area contributed by atoms with E-state index in [-0.39, 0.29) is 16.5 Å². The second kappa shape index (κ2) is 10.9. The number of nitro benzene ring substituents is 1. The van der Waals surface area contributed by atoms with E-state index >= 15 is 0 Å². The minimum Gasteiger partial charge on any atom is -0.494 e. The van der Waals surface area contributed by atoms with Gasteiger partial charge in [0, 0.05) is 6.07 Å². The maximum atomic E-state index is 12.3. The zero-order valence-electron chi connectivity index (χ0n) is 17.9. The van der Waals surface area contributed by atoms with Crippen molar-refractivity contribution >= 4 is 34.6 Å². The van der Waals surface area contributed by atoms with Gasteiger partial charge in [-0.25, -0.2) is 0 Å². The minimum atomic E-state index is -0.795. The molecule has 1 amide bonds. The smallest absolute Gasteiger partial charge is 0.279 e. The largest absolute Gasteiger partial charge is 0.494 e. The molecule has 0 aliphatic rings. The molecule has 0 aliphatic carbocycles. The molecular weight excluding hydrogens is 444 g/mol. The average molecular weight is 467 g/mol. The van der Waals surface area contributed by atoms with E-state index in [4.69, 9.17) is 21.7 Å². The number of non-ortho nitro benzene ring substituents is 1. The van der Waals surface area contributed by atoms with Gasteiger partial charge in [-0.2, -0.15) is 0 Å². The zero-order chi connectivity index (χ0) is 23.8. The Morgan fingerprint density at radius 1 is 1.00 bits per heavy atom. The maximum Gasteiger partial charge on any atom is 0.279 e. The summed E-state index contributed by atoms with van der Waals surface area (Å²) in [5, 5.41) is 13.8. The van der Waals surface area contributed by atoms with Crippen LogP contribution in [-0.2, 0) is 4.79 Å². The van der Waals surface area contributed by atoms with E-state index in [1.807, 2.05) is 42.5 Å². The summed E-state index contributed by atoms with van der Waals surface area (Å²) >= 11 is 5.16. The van der Waals surface area contributed by atoms with Gasteiger partial charge in [0.15, 0.2) is 11.2 Å². The summed E-state index contributed by atoms with van der Waals surface area (Å²) in [5.41, 5.74) is 7.44. The van der Waals surface area contributed by atoms with Crippen molar-refractivity contribution in [3.8, 4) is 22.6 Å². The number of rotatable bonds is 7. The number of anilines is 1.